The molecule has 8 unspecified atom stereocenters. The molecule has 0 aromatic heterocycles. The number of allylic oxidation sites excluding steroid dienone is 2. The molecule has 0 saturated heterocycles. The maximum Gasteiger partial charge on any atom is 0.250 e. The first-order valence-electron chi connectivity index (χ1n) is 13.4. The van der Waals surface area contributed by atoms with Gasteiger partial charge in [-0.2, -0.15) is 0 Å². The molecule has 184 valence electrons. The third kappa shape index (κ3) is 3.13. The molecular weight excluding hydrogens is 412 g/mol. The van der Waals surface area contributed by atoms with E-state index in [0.717, 1.165) is 57.1 Å². The van der Waals surface area contributed by atoms with Gasteiger partial charge in [0.15, 0.2) is 0 Å². The number of hydrogen-bond donors (Lipinski definition) is 3. The summed E-state index contributed by atoms with van der Waals surface area (Å²) in [5.74, 6) is 2.21. The van der Waals surface area contributed by atoms with Crippen LogP contribution >= 0.6 is 0 Å². The van der Waals surface area contributed by atoms with Gasteiger partial charge in [-0.25, -0.2) is 5.48 Å². The Kier molecular flexibility index (Phi) is 5.36. The molecule has 0 bridgehead atoms. The van der Waals surface area contributed by atoms with Crippen molar-refractivity contribution in [2.24, 2.45) is 56.4 Å². The molecule has 5 rings (SSSR count). The number of fused-ring (bicyclic) bond motifs is 7. The van der Waals surface area contributed by atoms with Gasteiger partial charge in [-0.15, -0.1) is 0 Å². The minimum atomic E-state index is -0.442. The average molecular weight is 457 g/mol. The second-order valence-corrected chi connectivity index (χ2v) is 13.6. The molecule has 5 nitrogen and oxygen atoms in total. The molecule has 0 spiro atoms. The van der Waals surface area contributed by atoms with Crippen LogP contribution in [0.2, 0.25) is 0 Å². The summed E-state index contributed by atoms with van der Waals surface area (Å²) in [5, 5.41) is 22.9. The van der Waals surface area contributed by atoms with E-state index < -0.39 is 5.41 Å². The predicted octanol–water partition coefficient (Wildman–Crippen LogP) is 6.34. The van der Waals surface area contributed by atoms with Gasteiger partial charge in [-0.05, 0) is 104 Å². The van der Waals surface area contributed by atoms with E-state index >= 15 is 0 Å². The standard InChI is InChI=1S/C28H44N2O3/c1-17-19-8-11-27(5)20-9-13-28(24(31)30-33)15-14-25(2,3)16-21(28)18(20)6-7-23(27)26(19,4)12-10-22(17)29-32/h6,17,19-21,23,32-33H,7-16H2,1-5H3,(H,30,31)/b29-22+. The van der Waals surface area contributed by atoms with Crippen molar-refractivity contribution in [3.8, 4) is 0 Å². The van der Waals surface area contributed by atoms with Crippen molar-refractivity contribution in [2.45, 2.75) is 98.8 Å². The van der Waals surface area contributed by atoms with Gasteiger partial charge in [0.25, 0.3) is 0 Å². The Morgan fingerprint density at radius 3 is 2.48 bits per heavy atom. The average Bonchev–Trinajstić information content (AvgIpc) is 2.78. The molecule has 0 radical (unpaired) electrons. The highest BCUT2D eigenvalue weighted by atomic mass is 16.5. The fourth-order valence-corrected chi connectivity index (χ4v) is 10.00. The zero-order valence-corrected chi connectivity index (χ0v) is 21.3. The first-order chi connectivity index (χ1) is 15.5. The number of rotatable bonds is 1. The lowest BCUT2D eigenvalue weighted by atomic mass is 9.38. The fraction of sp³-hybridized carbons (Fsp3) is 0.857. The number of amides is 1. The van der Waals surface area contributed by atoms with Crippen LogP contribution in [0.5, 0.6) is 0 Å². The molecule has 0 aliphatic heterocycles. The molecule has 5 aliphatic carbocycles. The number of nitrogens with one attached hydrogen (secondary N) is 1. The van der Waals surface area contributed by atoms with Crippen molar-refractivity contribution in [2.75, 3.05) is 0 Å². The smallest absolute Gasteiger partial charge is 0.250 e. The summed E-state index contributed by atoms with van der Waals surface area (Å²) in [4.78, 5) is 13.1. The molecule has 5 heteroatoms. The zero-order chi connectivity index (χ0) is 23.8. The van der Waals surface area contributed by atoms with Crippen molar-refractivity contribution in [3.05, 3.63) is 11.6 Å². The summed E-state index contributed by atoms with van der Waals surface area (Å²) in [6.45, 7) is 12.1. The third-order valence-electron chi connectivity index (χ3n) is 11.9. The maximum absolute atomic E-state index is 13.1. The van der Waals surface area contributed by atoms with Crippen molar-refractivity contribution >= 4 is 11.6 Å². The molecule has 8 atom stereocenters. The molecule has 5 aliphatic rings. The molecule has 1 amide bonds. The van der Waals surface area contributed by atoms with Crippen LogP contribution in [0, 0.1) is 51.2 Å². The second-order valence-electron chi connectivity index (χ2n) is 13.6. The lowest BCUT2D eigenvalue weighted by Gasteiger charge is -2.66. The Morgan fingerprint density at radius 2 is 1.79 bits per heavy atom. The summed E-state index contributed by atoms with van der Waals surface area (Å²) >= 11 is 0. The van der Waals surface area contributed by atoms with E-state index in [1.54, 1.807) is 5.57 Å². The molecule has 33 heavy (non-hydrogen) atoms. The molecule has 4 fully saturated rings. The van der Waals surface area contributed by atoms with Crippen molar-refractivity contribution in [1.29, 1.82) is 0 Å². The summed E-state index contributed by atoms with van der Waals surface area (Å²) in [6, 6.07) is 0. The highest BCUT2D eigenvalue weighted by molar-refractivity contribution is 5.87. The number of hydroxylamine groups is 1. The van der Waals surface area contributed by atoms with Crippen molar-refractivity contribution in [3.63, 3.8) is 0 Å². The number of carbonyl (C=O) groups is 1. The number of carbonyl (C=O) groups excluding carboxylic acids is 1. The topological polar surface area (TPSA) is 81.9 Å². The third-order valence-corrected chi connectivity index (χ3v) is 11.9. The van der Waals surface area contributed by atoms with E-state index in [2.05, 4.69) is 51.3 Å². The number of oxime groups is 1. The van der Waals surface area contributed by atoms with E-state index in [9.17, 15) is 15.2 Å². The van der Waals surface area contributed by atoms with Gasteiger partial charge < -0.3 is 5.21 Å². The van der Waals surface area contributed by atoms with E-state index in [-0.39, 0.29) is 28.1 Å². The van der Waals surface area contributed by atoms with Crippen LogP contribution in [0.4, 0.5) is 0 Å². The summed E-state index contributed by atoms with van der Waals surface area (Å²) in [7, 11) is 0. The summed E-state index contributed by atoms with van der Waals surface area (Å²) in [5.41, 5.74) is 4.92. The lowest BCUT2D eigenvalue weighted by Crippen LogP contribution is -2.60. The van der Waals surface area contributed by atoms with Crippen LogP contribution in [0.15, 0.2) is 16.8 Å². The van der Waals surface area contributed by atoms with Crippen LogP contribution in [0.25, 0.3) is 0 Å². The van der Waals surface area contributed by atoms with E-state index in [0.29, 0.717) is 23.7 Å². The van der Waals surface area contributed by atoms with Gasteiger partial charge in [-0.1, -0.05) is 51.4 Å². The largest absolute Gasteiger partial charge is 0.411 e. The SMILES string of the molecule is CC1/C(=N/O)CCC2(C)C1CCC1(C)C3CCC4(C(=O)NO)CCC(C)(C)CC4C3=CCC12. The minimum Gasteiger partial charge on any atom is -0.411 e. The number of nitrogens with zero attached hydrogens (tertiary/aromatic N) is 1. The maximum atomic E-state index is 13.1. The first kappa shape index (κ1) is 23.4. The van der Waals surface area contributed by atoms with E-state index in [1.807, 2.05) is 0 Å². The molecule has 0 heterocycles. The van der Waals surface area contributed by atoms with Crippen LogP contribution in [0.3, 0.4) is 0 Å². The highest BCUT2D eigenvalue weighted by Crippen LogP contribution is 2.70. The first-order valence-corrected chi connectivity index (χ1v) is 13.4. The Morgan fingerprint density at radius 1 is 1.03 bits per heavy atom. The van der Waals surface area contributed by atoms with Gasteiger partial charge in [0, 0.05) is 5.92 Å². The molecule has 0 aromatic rings. The normalized spacial score (nSPS) is 49.7. The van der Waals surface area contributed by atoms with Crippen LogP contribution < -0.4 is 5.48 Å². The van der Waals surface area contributed by atoms with Gasteiger partial charge in [0.2, 0.25) is 5.91 Å². The monoisotopic (exact) mass is 456 g/mol. The van der Waals surface area contributed by atoms with Crippen LogP contribution in [-0.4, -0.2) is 22.0 Å². The van der Waals surface area contributed by atoms with Crippen LogP contribution in [0.1, 0.15) is 98.8 Å². The van der Waals surface area contributed by atoms with E-state index in [4.69, 9.17) is 0 Å². The highest BCUT2D eigenvalue weighted by Gasteiger charge is 2.64. The summed E-state index contributed by atoms with van der Waals surface area (Å²) < 4.78 is 0. The van der Waals surface area contributed by atoms with E-state index in [1.165, 1.54) is 12.8 Å². The van der Waals surface area contributed by atoms with Crippen molar-refractivity contribution < 1.29 is 15.2 Å². The predicted molar refractivity (Wildman–Crippen MR) is 129 cm³/mol. The fourth-order valence-electron chi connectivity index (χ4n) is 10.00. The van der Waals surface area contributed by atoms with Crippen LogP contribution in [-0.2, 0) is 4.79 Å². The Balaban J connectivity index is 1.53. The summed E-state index contributed by atoms with van der Waals surface area (Å²) in [6.07, 6.45) is 13.0. The Bertz CT molecular complexity index is 894. The lowest BCUT2D eigenvalue weighted by molar-refractivity contribution is -0.155. The second kappa shape index (κ2) is 7.57. The van der Waals surface area contributed by atoms with Gasteiger partial charge in [0.1, 0.15) is 0 Å². The van der Waals surface area contributed by atoms with Gasteiger partial charge in [0.05, 0.1) is 11.1 Å². The van der Waals surface area contributed by atoms with Crippen molar-refractivity contribution in [1.82, 2.24) is 5.48 Å². The van der Waals surface area contributed by atoms with Gasteiger partial charge in [-0.3, -0.25) is 10.0 Å². The van der Waals surface area contributed by atoms with Gasteiger partial charge >= 0.3 is 0 Å². The quantitative estimate of drug-likeness (QED) is 0.186. The minimum absolute atomic E-state index is 0.151. The number of hydrogen-bond acceptors (Lipinski definition) is 4. The molecule has 3 N–H and O–H groups in total. The molecule has 0 aromatic carbocycles. The molecule has 4 saturated carbocycles. The molecular formula is C28H44N2O3. The zero-order valence-electron chi connectivity index (χ0n) is 21.3. The Hall–Kier alpha value is -1.36. The Labute approximate surface area is 199 Å².